The Morgan fingerprint density at radius 2 is 1.20 bits per heavy atom. The number of phenolic OH excluding ortho intramolecular Hbond substituents is 3. The molecular weight excluding hydrogens is 312 g/mol. The van der Waals surface area contributed by atoms with Crippen LogP contribution in [-0.4, -0.2) is 15.3 Å². The van der Waals surface area contributed by atoms with Gasteiger partial charge in [-0.25, -0.2) is 0 Å². The zero-order chi connectivity index (χ0) is 17.6. The largest absolute Gasteiger partial charge is 0.508 e. The van der Waals surface area contributed by atoms with Gasteiger partial charge in [-0.15, -0.1) is 0 Å². The molecule has 4 aromatic carbocycles. The Morgan fingerprint density at radius 3 is 1.92 bits per heavy atom. The molecule has 0 radical (unpaired) electrons. The van der Waals surface area contributed by atoms with E-state index in [-0.39, 0.29) is 23.2 Å². The summed E-state index contributed by atoms with van der Waals surface area (Å²) in [6.45, 7) is 1.96. The Hall–Kier alpha value is -3.20. The summed E-state index contributed by atoms with van der Waals surface area (Å²) in [4.78, 5) is 0. The molecule has 0 heterocycles. The van der Waals surface area contributed by atoms with Crippen molar-refractivity contribution >= 4 is 21.5 Å². The van der Waals surface area contributed by atoms with Crippen LogP contribution in [0.25, 0.3) is 21.5 Å². The summed E-state index contributed by atoms with van der Waals surface area (Å²) >= 11 is 0. The smallest absolute Gasteiger partial charge is 0.120 e. The molecule has 3 heteroatoms. The fourth-order valence-electron chi connectivity index (χ4n) is 3.66. The Balaban J connectivity index is 2.04. The van der Waals surface area contributed by atoms with Gasteiger partial charge in [0.2, 0.25) is 0 Å². The maximum Gasteiger partial charge on any atom is 0.120 e. The highest BCUT2D eigenvalue weighted by molar-refractivity contribution is 5.93. The summed E-state index contributed by atoms with van der Waals surface area (Å²) in [7, 11) is 0. The summed E-state index contributed by atoms with van der Waals surface area (Å²) in [6, 6.07) is 20.0. The van der Waals surface area contributed by atoms with Gasteiger partial charge in [0.15, 0.2) is 0 Å². The van der Waals surface area contributed by atoms with Crippen LogP contribution < -0.4 is 0 Å². The van der Waals surface area contributed by atoms with Crippen molar-refractivity contribution in [3.63, 3.8) is 0 Å². The van der Waals surface area contributed by atoms with Crippen LogP contribution in [0.1, 0.15) is 24.0 Å². The summed E-state index contributed by atoms with van der Waals surface area (Å²) in [5.41, 5.74) is 1.46. The Labute approximate surface area is 145 Å². The molecule has 0 aliphatic carbocycles. The van der Waals surface area contributed by atoms with Crippen LogP contribution in [-0.2, 0) is 0 Å². The van der Waals surface area contributed by atoms with Gasteiger partial charge in [-0.2, -0.15) is 0 Å². The number of hydrogen-bond donors (Lipinski definition) is 3. The number of phenols is 3. The molecule has 0 amide bonds. The third-order valence-corrected chi connectivity index (χ3v) is 4.84. The Bertz CT molecular complexity index is 1090. The van der Waals surface area contributed by atoms with E-state index >= 15 is 0 Å². The molecule has 25 heavy (non-hydrogen) atoms. The molecule has 0 spiro atoms. The van der Waals surface area contributed by atoms with Gasteiger partial charge in [0, 0.05) is 17.0 Å². The van der Waals surface area contributed by atoms with Gasteiger partial charge in [0.05, 0.1) is 0 Å². The third-order valence-electron chi connectivity index (χ3n) is 4.84. The first-order chi connectivity index (χ1) is 12.1. The number of rotatable bonds is 2. The van der Waals surface area contributed by atoms with E-state index in [1.165, 1.54) is 0 Å². The SMILES string of the molecule is CC(c1c(O)ccc2ccccc12)c1c(O)ccc2ccc(O)cc12. The summed E-state index contributed by atoms with van der Waals surface area (Å²) in [6.07, 6.45) is 0. The van der Waals surface area contributed by atoms with Crippen LogP contribution in [0, 0.1) is 0 Å². The van der Waals surface area contributed by atoms with Crippen molar-refractivity contribution < 1.29 is 15.3 Å². The monoisotopic (exact) mass is 330 g/mol. The Morgan fingerprint density at radius 1 is 0.640 bits per heavy atom. The van der Waals surface area contributed by atoms with E-state index in [0.29, 0.717) is 5.56 Å². The lowest BCUT2D eigenvalue weighted by Gasteiger charge is -2.20. The first-order valence-electron chi connectivity index (χ1n) is 8.21. The van der Waals surface area contributed by atoms with Crippen molar-refractivity contribution in [3.8, 4) is 17.2 Å². The van der Waals surface area contributed by atoms with Crippen molar-refractivity contribution in [1.82, 2.24) is 0 Å². The highest BCUT2D eigenvalue weighted by Crippen LogP contribution is 2.43. The lowest BCUT2D eigenvalue weighted by Crippen LogP contribution is -2.00. The minimum atomic E-state index is -0.253. The molecule has 0 aliphatic heterocycles. The van der Waals surface area contributed by atoms with Gasteiger partial charge < -0.3 is 15.3 Å². The predicted molar refractivity (Wildman–Crippen MR) is 100 cm³/mol. The lowest BCUT2D eigenvalue weighted by atomic mass is 9.85. The first-order valence-corrected chi connectivity index (χ1v) is 8.21. The van der Waals surface area contributed by atoms with Gasteiger partial charge >= 0.3 is 0 Å². The minimum absolute atomic E-state index is 0.147. The molecular formula is C22H18O3. The minimum Gasteiger partial charge on any atom is -0.508 e. The molecule has 1 atom stereocenters. The number of hydrogen-bond acceptors (Lipinski definition) is 3. The average Bonchev–Trinajstić information content (AvgIpc) is 2.61. The zero-order valence-electron chi connectivity index (χ0n) is 13.8. The molecule has 4 rings (SSSR count). The molecule has 0 saturated carbocycles. The number of fused-ring (bicyclic) bond motifs is 2. The van der Waals surface area contributed by atoms with Crippen LogP contribution in [0.15, 0.2) is 66.7 Å². The van der Waals surface area contributed by atoms with Crippen LogP contribution >= 0.6 is 0 Å². The highest BCUT2D eigenvalue weighted by Gasteiger charge is 2.21. The van der Waals surface area contributed by atoms with Gasteiger partial charge in [-0.3, -0.25) is 0 Å². The average molecular weight is 330 g/mol. The fraction of sp³-hybridized carbons (Fsp3) is 0.0909. The molecule has 0 aromatic heterocycles. The molecule has 4 aromatic rings. The van der Waals surface area contributed by atoms with Crippen molar-refractivity contribution in [2.24, 2.45) is 0 Å². The summed E-state index contributed by atoms with van der Waals surface area (Å²) < 4.78 is 0. The standard InChI is InChI=1S/C22H18O3/c1-13(21-17-5-3-2-4-14(17)7-10-19(21)24)22-18-12-16(23)9-6-15(18)8-11-20(22)25/h2-13,23-25H,1H3. The summed E-state index contributed by atoms with van der Waals surface area (Å²) in [5, 5.41) is 34.6. The highest BCUT2D eigenvalue weighted by atomic mass is 16.3. The van der Waals surface area contributed by atoms with Crippen molar-refractivity contribution in [3.05, 3.63) is 77.9 Å². The van der Waals surface area contributed by atoms with E-state index in [1.54, 1.807) is 24.3 Å². The molecule has 0 fully saturated rings. The molecule has 0 saturated heterocycles. The maximum atomic E-state index is 10.5. The predicted octanol–water partition coefficient (Wildman–Crippen LogP) is 5.26. The van der Waals surface area contributed by atoms with E-state index in [0.717, 1.165) is 27.1 Å². The second-order valence-electron chi connectivity index (χ2n) is 6.34. The van der Waals surface area contributed by atoms with Crippen LogP contribution in [0.5, 0.6) is 17.2 Å². The van der Waals surface area contributed by atoms with E-state index in [2.05, 4.69) is 0 Å². The van der Waals surface area contributed by atoms with Gasteiger partial charge in [-0.05, 0) is 45.8 Å². The molecule has 3 N–H and O–H groups in total. The fourth-order valence-corrected chi connectivity index (χ4v) is 3.66. The molecule has 1 unspecified atom stereocenters. The lowest BCUT2D eigenvalue weighted by molar-refractivity contribution is 0.459. The second-order valence-corrected chi connectivity index (χ2v) is 6.34. The first kappa shape index (κ1) is 15.3. The Kier molecular flexibility index (Phi) is 3.50. The molecule has 0 bridgehead atoms. The summed E-state index contributed by atoms with van der Waals surface area (Å²) in [5.74, 6) is 0.242. The molecule has 0 aliphatic rings. The van der Waals surface area contributed by atoms with E-state index < -0.39 is 0 Å². The zero-order valence-corrected chi connectivity index (χ0v) is 13.8. The van der Waals surface area contributed by atoms with Gasteiger partial charge in [0.1, 0.15) is 17.2 Å². The van der Waals surface area contributed by atoms with Crippen molar-refractivity contribution in [1.29, 1.82) is 0 Å². The third kappa shape index (κ3) is 2.45. The van der Waals surface area contributed by atoms with Gasteiger partial charge in [0.25, 0.3) is 0 Å². The van der Waals surface area contributed by atoms with Gasteiger partial charge in [-0.1, -0.05) is 49.4 Å². The van der Waals surface area contributed by atoms with E-state index in [1.807, 2.05) is 49.4 Å². The normalized spacial score (nSPS) is 12.5. The molecule has 3 nitrogen and oxygen atoms in total. The number of aromatic hydroxyl groups is 3. The quantitative estimate of drug-likeness (QED) is 0.470. The van der Waals surface area contributed by atoms with E-state index in [9.17, 15) is 15.3 Å². The van der Waals surface area contributed by atoms with Crippen LogP contribution in [0.2, 0.25) is 0 Å². The number of benzene rings is 4. The van der Waals surface area contributed by atoms with Crippen LogP contribution in [0.3, 0.4) is 0 Å². The van der Waals surface area contributed by atoms with Crippen molar-refractivity contribution in [2.75, 3.05) is 0 Å². The van der Waals surface area contributed by atoms with Crippen molar-refractivity contribution in [2.45, 2.75) is 12.8 Å². The molecule has 124 valence electrons. The van der Waals surface area contributed by atoms with Crippen LogP contribution in [0.4, 0.5) is 0 Å². The maximum absolute atomic E-state index is 10.5. The topological polar surface area (TPSA) is 60.7 Å². The van der Waals surface area contributed by atoms with E-state index in [4.69, 9.17) is 0 Å². The second kappa shape index (κ2) is 5.71.